The molecular formula is C28H33NO6S. The van der Waals surface area contributed by atoms with Crippen LogP contribution in [-0.4, -0.2) is 72.6 Å². The summed E-state index contributed by atoms with van der Waals surface area (Å²) < 4.78 is 11.6. The van der Waals surface area contributed by atoms with E-state index in [0.29, 0.717) is 44.7 Å². The number of rotatable bonds is 12. The first-order chi connectivity index (χ1) is 17.5. The van der Waals surface area contributed by atoms with Gasteiger partial charge in [0.2, 0.25) is 0 Å². The first kappa shape index (κ1) is 26.4. The molecule has 0 bridgehead atoms. The molecule has 1 saturated carbocycles. The van der Waals surface area contributed by atoms with Crippen molar-refractivity contribution in [1.29, 1.82) is 0 Å². The van der Waals surface area contributed by atoms with Crippen LogP contribution in [0.4, 0.5) is 0 Å². The molecule has 36 heavy (non-hydrogen) atoms. The van der Waals surface area contributed by atoms with Crippen molar-refractivity contribution in [2.75, 3.05) is 32.9 Å². The predicted molar refractivity (Wildman–Crippen MR) is 138 cm³/mol. The maximum absolute atomic E-state index is 13.0. The van der Waals surface area contributed by atoms with E-state index in [-0.39, 0.29) is 42.7 Å². The van der Waals surface area contributed by atoms with Gasteiger partial charge >= 0.3 is 5.97 Å². The van der Waals surface area contributed by atoms with Gasteiger partial charge in [-0.05, 0) is 36.3 Å². The normalized spacial score (nSPS) is 22.9. The van der Waals surface area contributed by atoms with Crippen molar-refractivity contribution in [2.24, 2.45) is 5.92 Å². The third kappa shape index (κ3) is 6.97. The van der Waals surface area contributed by atoms with Gasteiger partial charge in [-0.1, -0.05) is 42.5 Å². The highest BCUT2D eigenvalue weighted by atomic mass is 32.1. The summed E-state index contributed by atoms with van der Waals surface area (Å²) in [6.07, 6.45) is 5.94. The Bertz CT molecular complexity index is 1040. The molecule has 1 N–H and O–H groups in total. The number of hydrogen-bond acceptors (Lipinski definition) is 7. The molecule has 1 aliphatic heterocycles. The molecule has 192 valence electrons. The van der Waals surface area contributed by atoms with Crippen LogP contribution in [0.2, 0.25) is 0 Å². The van der Waals surface area contributed by atoms with E-state index < -0.39 is 5.97 Å². The molecule has 0 amide bonds. The summed E-state index contributed by atoms with van der Waals surface area (Å²) in [5.74, 6) is -0.765. The van der Waals surface area contributed by atoms with Crippen molar-refractivity contribution >= 4 is 28.9 Å². The van der Waals surface area contributed by atoms with E-state index in [4.69, 9.17) is 14.6 Å². The minimum Gasteiger partial charge on any atom is -0.481 e. The van der Waals surface area contributed by atoms with E-state index in [1.807, 2.05) is 53.9 Å². The number of carboxylic acids is 1. The van der Waals surface area contributed by atoms with Gasteiger partial charge in [0, 0.05) is 42.3 Å². The van der Waals surface area contributed by atoms with Crippen LogP contribution in [0.3, 0.4) is 0 Å². The Labute approximate surface area is 215 Å². The number of benzene rings is 1. The topological polar surface area (TPSA) is 93.1 Å². The molecule has 2 fully saturated rings. The fourth-order valence-corrected chi connectivity index (χ4v) is 5.76. The van der Waals surface area contributed by atoms with Gasteiger partial charge in [0.15, 0.2) is 11.6 Å². The average molecular weight is 512 g/mol. The van der Waals surface area contributed by atoms with Crippen LogP contribution in [0.5, 0.6) is 0 Å². The molecule has 0 spiro atoms. The number of thiophene rings is 1. The summed E-state index contributed by atoms with van der Waals surface area (Å²) in [5, 5.41) is 10.8. The molecule has 8 heteroatoms. The number of allylic oxidation sites excluding steroid dienone is 2. The van der Waals surface area contributed by atoms with Crippen LogP contribution < -0.4 is 0 Å². The molecule has 2 heterocycles. The van der Waals surface area contributed by atoms with Gasteiger partial charge in [0.05, 0.1) is 25.4 Å². The van der Waals surface area contributed by atoms with Crippen molar-refractivity contribution < 1.29 is 29.0 Å². The zero-order chi connectivity index (χ0) is 25.3. The number of ether oxygens (including phenoxy) is 2. The highest BCUT2D eigenvalue weighted by Crippen LogP contribution is 2.34. The van der Waals surface area contributed by atoms with E-state index in [1.165, 1.54) is 0 Å². The quantitative estimate of drug-likeness (QED) is 0.332. The second kappa shape index (κ2) is 13.1. The number of nitrogens with zero attached hydrogens (tertiary/aromatic N) is 1. The van der Waals surface area contributed by atoms with Crippen LogP contribution in [-0.2, 0) is 19.1 Å². The summed E-state index contributed by atoms with van der Waals surface area (Å²) in [7, 11) is 0. The van der Waals surface area contributed by atoms with Crippen LogP contribution in [0, 0.1) is 5.92 Å². The molecule has 1 aliphatic carbocycles. The molecule has 4 rings (SSSR count). The first-order valence-electron chi connectivity index (χ1n) is 12.5. The lowest BCUT2D eigenvalue weighted by atomic mass is 9.93. The van der Waals surface area contributed by atoms with Crippen LogP contribution in [0.25, 0.3) is 10.4 Å². The molecule has 1 saturated heterocycles. The van der Waals surface area contributed by atoms with E-state index in [0.717, 1.165) is 23.3 Å². The molecule has 0 radical (unpaired) electrons. The number of carbonyl (C=O) groups is 3. The Morgan fingerprint density at radius 2 is 1.86 bits per heavy atom. The largest absolute Gasteiger partial charge is 0.481 e. The fourth-order valence-electron chi connectivity index (χ4n) is 5.03. The van der Waals surface area contributed by atoms with E-state index in [1.54, 1.807) is 11.3 Å². The Balaban J connectivity index is 1.37. The summed E-state index contributed by atoms with van der Waals surface area (Å²) in [5.41, 5.74) is 1.68. The monoisotopic (exact) mass is 511 g/mol. The summed E-state index contributed by atoms with van der Waals surface area (Å²) >= 11 is 1.66. The third-order valence-corrected chi connectivity index (χ3v) is 7.77. The minimum atomic E-state index is -0.812. The fraction of sp³-hybridized carbons (Fsp3) is 0.464. The second-order valence-corrected chi connectivity index (χ2v) is 10.2. The molecule has 1 aromatic carbocycles. The van der Waals surface area contributed by atoms with E-state index in [9.17, 15) is 14.4 Å². The van der Waals surface area contributed by atoms with E-state index >= 15 is 0 Å². The minimum absolute atomic E-state index is 0.0197. The predicted octanol–water partition coefficient (Wildman–Crippen LogP) is 4.47. The maximum atomic E-state index is 13.0. The van der Waals surface area contributed by atoms with Crippen LogP contribution >= 0.6 is 11.3 Å². The number of morpholine rings is 1. The van der Waals surface area contributed by atoms with Gasteiger partial charge in [-0.15, -0.1) is 11.3 Å². The van der Waals surface area contributed by atoms with Crippen LogP contribution in [0.15, 0.2) is 53.9 Å². The van der Waals surface area contributed by atoms with Gasteiger partial charge in [0.1, 0.15) is 6.61 Å². The average Bonchev–Trinajstić information content (AvgIpc) is 3.53. The van der Waals surface area contributed by atoms with Crippen LogP contribution in [0.1, 0.15) is 42.5 Å². The SMILES string of the molecule is O=C(O)CCC=CCC[C@H]1[C@@H](OCC(=O)c2ccc(-c3cccs3)cc2)CC(=O)[C@@H]1N1CCOCC1. The summed E-state index contributed by atoms with van der Waals surface area (Å²) in [4.78, 5) is 40.0. The third-order valence-electron chi connectivity index (χ3n) is 6.85. The van der Waals surface area contributed by atoms with Gasteiger partial charge in [-0.2, -0.15) is 0 Å². The summed E-state index contributed by atoms with van der Waals surface area (Å²) in [6.45, 7) is 2.58. The standard InChI is InChI=1S/C28H33NO6S/c30-23-18-25(35-19-24(31)20-9-11-21(12-10-20)26-7-5-17-36-26)22(6-3-1-2-4-8-27(32)33)28(23)29-13-15-34-16-14-29/h1-2,5,7,9-12,17,22,25,28H,3-4,6,8,13-16,18-19H2,(H,32,33)/t22-,25-,28+/m0/s1. The van der Waals surface area contributed by atoms with Gasteiger partial charge in [-0.3, -0.25) is 19.3 Å². The number of Topliss-reactive ketones (excluding diaryl/α,β-unsaturated/α-hetero) is 2. The molecule has 1 aromatic heterocycles. The second-order valence-electron chi connectivity index (χ2n) is 9.24. The Morgan fingerprint density at radius 3 is 2.56 bits per heavy atom. The lowest BCUT2D eigenvalue weighted by Crippen LogP contribution is -2.49. The Kier molecular flexibility index (Phi) is 9.58. The number of carbonyl (C=O) groups excluding carboxylic acids is 2. The van der Waals surface area contributed by atoms with Crippen molar-refractivity contribution in [3.8, 4) is 10.4 Å². The van der Waals surface area contributed by atoms with Crippen molar-refractivity contribution in [1.82, 2.24) is 4.90 Å². The van der Waals surface area contributed by atoms with Crippen molar-refractivity contribution in [3.63, 3.8) is 0 Å². The molecule has 0 unspecified atom stereocenters. The smallest absolute Gasteiger partial charge is 0.303 e. The lowest BCUT2D eigenvalue weighted by molar-refractivity contribution is -0.136. The Hall–Kier alpha value is -2.65. The zero-order valence-corrected chi connectivity index (χ0v) is 21.2. The highest BCUT2D eigenvalue weighted by Gasteiger charge is 2.45. The lowest BCUT2D eigenvalue weighted by Gasteiger charge is -2.35. The highest BCUT2D eigenvalue weighted by molar-refractivity contribution is 7.13. The van der Waals surface area contributed by atoms with Gasteiger partial charge in [0.25, 0.3) is 0 Å². The number of ketones is 2. The van der Waals surface area contributed by atoms with Gasteiger partial charge in [-0.25, -0.2) is 0 Å². The molecule has 2 aromatic rings. The first-order valence-corrected chi connectivity index (χ1v) is 13.4. The number of aliphatic carboxylic acids is 1. The van der Waals surface area contributed by atoms with E-state index in [2.05, 4.69) is 4.90 Å². The zero-order valence-electron chi connectivity index (χ0n) is 20.3. The number of hydrogen-bond donors (Lipinski definition) is 1. The molecule has 3 atom stereocenters. The maximum Gasteiger partial charge on any atom is 0.303 e. The molecular weight excluding hydrogens is 478 g/mol. The van der Waals surface area contributed by atoms with Gasteiger partial charge < -0.3 is 14.6 Å². The Morgan fingerprint density at radius 1 is 1.11 bits per heavy atom. The van der Waals surface area contributed by atoms with Crippen molar-refractivity contribution in [2.45, 2.75) is 44.2 Å². The molecule has 2 aliphatic rings. The number of carboxylic acid groups (broad SMARTS) is 1. The summed E-state index contributed by atoms with van der Waals surface area (Å²) in [6, 6.07) is 11.4. The molecule has 7 nitrogen and oxygen atoms in total. The van der Waals surface area contributed by atoms with Crippen molar-refractivity contribution in [3.05, 3.63) is 59.5 Å².